The van der Waals surface area contributed by atoms with Crippen LogP contribution in [-0.2, 0) is 9.59 Å². The van der Waals surface area contributed by atoms with Gasteiger partial charge in [0.15, 0.2) is 0 Å². The fourth-order valence-corrected chi connectivity index (χ4v) is 2.07. The van der Waals surface area contributed by atoms with E-state index in [-0.39, 0.29) is 6.61 Å². The molecule has 2 rings (SSSR count). The predicted octanol–water partition coefficient (Wildman–Crippen LogP) is -0.843. The van der Waals surface area contributed by atoms with Gasteiger partial charge in [0.05, 0.1) is 6.61 Å². The Morgan fingerprint density at radius 1 is 1.25 bits per heavy atom. The molecule has 0 bridgehead atoms. The Balaban J connectivity index is 1.84. The van der Waals surface area contributed by atoms with Crippen molar-refractivity contribution in [3.8, 4) is 0 Å². The minimum Gasteiger partial charge on any atom is -0.395 e. The number of piperazine rings is 1. The van der Waals surface area contributed by atoms with Crippen LogP contribution in [0.25, 0.3) is 0 Å². The van der Waals surface area contributed by atoms with Crippen molar-refractivity contribution in [3.05, 3.63) is 24.4 Å². The fourth-order valence-electron chi connectivity index (χ4n) is 2.07. The Labute approximate surface area is 117 Å². The lowest BCUT2D eigenvalue weighted by atomic mass is 10.3. The Morgan fingerprint density at radius 2 is 2.00 bits per heavy atom. The fraction of sp³-hybridized carbons (Fsp3) is 0.462. The molecule has 20 heavy (non-hydrogen) atoms. The van der Waals surface area contributed by atoms with E-state index in [0.29, 0.717) is 38.5 Å². The van der Waals surface area contributed by atoms with Crippen LogP contribution in [0.1, 0.15) is 0 Å². The highest BCUT2D eigenvalue weighted by atomic mass is 16.3. The summed E-state index contributed by atoms with van der Waals surface area (Å²) in [5.74, 6) is -0.844. The van der Waals surface area contributed by atoms with Gasteiger partial charge in [0.2, 0.25) is 0 Å². The largest absolute Gasteiger partial charge is 0.395 e. The molecule has 0 unspecified atom stereocenters. The standard InChI is InChI=1S/C13H18N4O3/c18-10-9-16-5-7-17(8-6-16)13(20)12(19)15-11-3-1-2-4-14-11/h1-4,18H,5-10H2,(H,14,15,19). The zero-order valence-electron chi connectivity index (χ0n) is 11.2. The van der Waals surface area contributed by atoms with E-state index >= 15 is 0 Å². The highest BCUT2D eigenvalue weighted by molar-refractivity contribution is 6.39. The van der Waals surface area contributed by atoms with Gasteiger partial charge >= 0.3 is 11.8 Å². The normalized spacial score (nSPS) is 15.9. The SMILES string of the molecule is O=C(Nc1ccccn1)C(=O)N1CCN(CCO)CC1. The van der Waals surface area contributed by atoms with Gasteiger partial charge in [0.25, 0.3) is 0 Å². The number of amides is 2. The Kier molecular flexibility index (Phi) is 5.03. The quantitative estimate of drug-likeness (QED) is 0.704. The van der Waals surface area contributed by atoms with Gasteiger partial charge in [-0.1, -0.05) is 6.07 Å². The van der Waals surface area contributed by atoms with E-state index in [1.54, 1.807) is 24.4 Å². The molecule has 0 atom stereocenters. The van der Waals surface area contributed by atoms with Gasteiger partial charge < -0.3 is 15.3 Å². The second-order valence-corrected chi connectivity index (χ2v) is 4.53. The summed E-state index contributed by atoms with van der Waals surface area (Å²) >= 11 is 0. The van der Waals surface area contributed by atoms with Crippen molar-refractivity contribution in [2.75, 3.05) is 44.6 Å². The molecule has 7 nitrogen and oxygen atoms in total. The van der Waals surface area contributed by atoms with E-state index in [0.717, 1.165) is 0 Å². The number of anilines is 1. The molecular weight excluding hydrogens is 260 g/mol. The van der Waals surface area contributed by atoms with Crippen LogP contribution in [0.2, 0.25) is 0 Å². The first-order valence-electron chi connectivity index (χ1n) is 6.55. The molecule has 2 N–H and O–H groups in total. The second-order valence-electron chi connectivity index (χ2n) is 4.53. The summed E-state index contributed by atoms with van der Waals surface area (Å²) in [6.45, 7) is 3.03. The average molecular weight is 278 g/mol. The molecule has 1 fully saturated rings. The van der Waals surface area contributed by atoms with Gasteiger partial charge in [-0.2, -0.15) is 0 Å². The minimum absolute atomic E-state index is 0.105. The third-order valence-corrected chi connectivity index (χ3v) is 3.18. The number of aliphatic hydroxyl groups is 1. The molecule has 0 radical (unpaired) electrons. The van der Waals surface area contributed by atoms with Crippen LogP contribution in [0.15, 0.2) is 24.4 Å². The maximum absolute atomic E-state index is 12.0. The van der Waals surface area contributed by atoms with Crippen molar-refractivity contribution >= 4 is 17.6 Å². The zero-order valence-corrected chi connectivity index (χ0v) is 11.2. The van der Waals surface area contributed by atoms with Crippen molar-refractivity contribution in [1.29, 1.82) is 0 Å². The Morgan fingerprint density at radius 3 is 2.60 bits per heavy atom. The minimum atomic E-state index is -0.667. The lowest BCUT2D eigenvalue weighted by Crippen LogP contribution is -2.52. The molecule has 2 heterocycles. The Bertz CT molecular complexity index is 458. The number of aliphatic hydroxyl groups excluding tert-OH is 1. The zero-order chi connectivity index (χ0) is 14.4. The van der Waals surface area contributed by atoms with Gasteiger partial charge in [0.1, 0.15) is 5.82 Å². The van der Waals surface area contributed by atoms with Crippen LogP contribution < -0.4 is 5.32 Å². The first kappa shape index (κ1) is 14.4. The van der Waals surface area contributed by atoms with E-state index in [9.17, 15) is 9.59 Å². The maximum Gasteiger partial charge on any atom is 0.315 e. The lowest BCUT2D eigenvalue weighted by Gasteiger charge is -2.33. The number of carbonyl (C=O) groups is 2. The molecule has 0 saturated carbocycles. The van der Waals surface area contributed by atoms with E-state index in [4.69, 9.17) is 5.11 Å². The average Bonchev–Trinajstić information content (AvgIpc) is 2.48. The number of nitrogens with zero attached hydrogens (tertiary/aromatic N) is 3. The second kappa shape index (κ2) is 6.97. The number of rotatable bonds is 3. The van der Waals surface area contributed by atoms with Gasteiger partial charge in [-0.05, 0) is 12.1 Å². The predicted molar refractivity (Wildman–Crippen MR) is 73.0 cm³/mol. The Hall–Kier alpha value is -1.99. The van der Waals surface area contributed by atoms with E-state index in [1.807, 2.05) is 0 Å². The molecule has 0 aromatic carbocycles. The van der Waals surface area contributed by atoms with E-state index in [2.05, 4.69) is 15.2 Å². The number of carbonyl (C=O) groups excluding carboxylic acids is 2. The topological polar surface area (TPSA) is 85.8 Å². The monoisotopic (exact) mass is 278 g/mol. The van der Waals surface area contributed by atoms with Crippen LogP contribution >= 0.6 is 0 Å². The third kappa shape index (κ3) is 3.75. The summed E-state index contributed by atoms with van der Waals surface area (Å²) in [5, 5.41) is 11.3. The number of β-amino-alcohol motifs (C(OH)–C–C–N with tert-alkyl or cyclic N) is 1. The number of nitrogens with one attached hydrogen (secondary N) is 1. The molecule has 1 aliphatic heterocycles. The third-order valence-electron chi connectivity index (χ3n) is 3.18. The molecular formula is C13H18N4O3. The highest BCUT2D eigenvalue weighted by Gasteiger charge is 2.25. The molecule has 0 aliphatic carbocycles. The van der Waals surface area contributed by atoms with Crippen molar-refractivity contribution in [3.63, 3.8) is 0 Å². The van der Waals surface area contributed by atoms with Gasteiger partial charge in [-0.25, -0.2) is 4.98 Å². The first-order chi connectivity index (χ1) is 9.70. The highest BCUT2D eigenvalue weighted by Crippen LogP contribution is 2.04. The molecule has 1 saturated heterocycles. The summed E-state index contributed by atoms with van der Waals surface area (Å²) in [5.41, 5.74) is 0. The van der Waals surface area contributed by atoms with E-state index < -0.39 is 11.8 Å². The van der Waals surface area contributed by atoms with Crippen LogP contribution in [0, 0.1) is 0 Å². The molecule has 1 aromatic heterocycles. The summed E-state index contributed by atoms with van der Waals surface area (Å²) < 4.78 is 0. The maximum atomic E-state index is 12.0. The van der Waals surface area contributed by atoms with Crippen LogP contribution in [0.5, 0.6) is 0 Å². The molecule has 1 aliphatic rings. The lowest BCUT2D eigenvalue weighted by molar-refractivity contribution is -0.144. The van der Waals surface area contributed by atoms with Crippen LogP contribution in [0.3, 0.4) is 0 Å². The number of aromatic nitrogens is 1. The molecule has 2 amide bonds. The number of hydrogen-bond acceptors (Lipinski definition) is 5. The van der Waals surface area contributed by atoms with Crippen LogP contribution in [-0.4, -0.2) is 71.0 Å². The molecule has 7 heteroatoms. The number of pyridine rings is 1. The van der Waals surface area contributed by atoms with Crippen molar-refractivity contribution < 1.29 is 14.7 Å². The summed E-state index contributed by atoms with van der Waals surface area (Å²) in [6, 6.07) is 5.10. The van der Waals surface area contributed by atoms with Gasteiger partial charge in [-0.3, -0.25) is 14.5 Å². The first-order valence-corrected chi connectivity index (χ1v) is 6.55. The summed E-state index contributed by atoms with van der Waals surface area (Å²) in [7, 11) is 0. The van der Waals surface area contributed by atoms with Gasteiger partial charge in [-0.15, -0.1) is 0 Å². The summed E-state index contributed by atoms with van der Waals surface area (Å²) in [4.78, 5) is 31.3. The smallest absolute Gasteiger partial charge is 0.315 e. The summed E-state index contributed by atoms with van der Waals surface area (Å²) in [6.07, 6.45) is 1.55. The van der Waals surface area contributed by atoms with E-state index in [1.165, 1.54) is 4.90 Å². The molecule has 108 valence electrons. The van der Waals surface area contributed by atoms with Crippen molar-refractivity contribution in [1.82, 2.24) is 14.8 Å². The van der Waals surface area contributed by atoms with Crippen LogP contribution in [0.4, 0.5) is 5.82 Å². The van der Waals surface area contributed by atoms with Gasteiger partial charge in [0, 0.05) is 38.9 Å². The van der Waals surface area contributed by atoms with Crippen molar-refractivity contribution in [2.45, 2.75) is 0 Å². The van der Waals surface area contributed by atoms with Crippen molar-refractivity contribution in [2.24, 2.45) is 0 Å². The molecule has 0 spiro atoms. The molecule has 1 aromatic rings. The number of hydrogen-bond donors (Lipinski definition) is 2.